The van der Waals surface area contributed by atoms with Crippen molar-refractivity contribution in [3.05, 3.63) is 0 Å². The van der Waals surface area contributed by atoms with Gasteiger partial charge in [0.15, 0.2) is 0 Å². The molecule has 400 valence electrons. The molecule has 0 aromatic carbocycles. The van der Waals surface area contributed by atoms with Crippen molar-refractivity contribution in [2.24, 2.45) is 0 Å². The van der Waals surface area contributed by atoms with Gasteiger partial charge < -0.3 is 34.5 Å². The second-order valence-corrected chi connectivity index (χ2v) is 34.7. The van der Waals surface area contributed by atoms with Crippen molar-refractivity contribution in [1.82, 2.24) is 0 Å². The third kappa shape index (κ3) is 24.8. The van der Waals surface area contributed by atoms with Gasteiger partial charge in [0.1, 0.15) is 0 Å². The van der Waals surface area contributed by atoms with Crippen LogP contribution >= 0.6 is 31.7 Å². The molecular weight excluding hydrogens is 946 g/mol. The summed E-state index contributed by atoms with van der Waals surface area (Å²) in [4.78, 5) is 0. The highest BCUT2D eigenvalue weighted by Crippen LogP contribution is 2.61. The first-order valence-corrected chi connectivity index (χ1v) is 36.3. The largest absolute Gasteiger partial charge is 0.673 e. The van der Waals surface area contributed by atoms with Crippen LogP contribution in [0.15, 0.2) is 0 Å². The van der Waals surface area contributed by atoms with E-state index in [1.54, 1.807) is 294 Å². The maximum absolute atomic E-state index is 9.75. The molecule has 8 fully saturated rings. The maximum atomic E-state index is 9.75. The van der Waals surface area contributed by atoms with Crippen LogP contribution in [0, 0.1) is 0 Å². The molecular formula is C54H100B2F8P4-2. The van der Waals surface area contributed by atoms with Gasteiger partial charge in [0, 0.05) is 0 Å². The Morgan fingerprint density at radius 3 is 0.412 bits per heavy atom. The molecule has 68 heavy (non-hydrogen) atoms. The van der Waals surface area contributed by atoms with E-state index in [2.05, 4.69) is 0 Å². The van der Waals surface area contributed by atoms with Gasteiger partial charge in [-0.05, 0) is 185 Å². The normalized spacial score (nSPS) is 24.9. The molecule has 0 amide bonds. The van der Waals surface area contributed by atoms with Gasteiger partial charge in [-0.3, -0.25) is 0 Å². The molecule has 0 radical (unpaired) electrons. The summed E-state index contributed by atoms with van der Waals surface area (Å²) in [5.41, 5.74) is 9.43. The van der Waals surface area contributed by atoms with E-state index in [0.29, 0.717) is 31.7 Å². The molecule has 0 saturated heterocycles. The molecule has 8 aliphatic carbocycles. The molecule has 0 atom stereocenters. The summed E-state index contributed by atoms with van der Waals surface area (Å²) in [6.45, 7) is 0. The Bertz CT molecular complexity index is 976. The third-order valence-electron chi connectivity index (χ3n) is 18.0. The molecule has 0 aromatic heterocycles. The first-order valence-electron chi connectivity index (χ1n) is 29.6. The van der Waals surface area contributed by atoms with E-state index >= 15 is 0 Å². The Morgan fingerprint density at radius 2 is 0.309 bits per heavy atom. The first kappa shape index (κ1) is 60.2. The fourth-order valence-corrected chi connectivity index (χ4v) is 31.0. The molecule has 0 bridgehead atoms. The minimum Gasteiger partial charge on any atom is -0.418 e. The lowest BCUT2D eigenvalue weighted by atomic mass is 9.99. The predicted octanol–water partition coefficient (Wildman–Crippen LogP) is 21.9. The lowest BCUT2D eigenvalue weighted by Crippen LogP contribution is -2.24. The molecule has 0 heterocycles. The standard InChI is InChI=1S/2C27H50P2.2BF4/c2*1-5-14-24(15-6-1)28(25-16-7-2-8-17-25)22-13-23-29(26-18-9-3-10-19-26)27-20-11-4-12-21-27;2*2-1(3,4)5/h2*24-27H,1-23H2;;/q;;2*-1. The lowest BCUT2D eigenvalue weighted by molar-refractivity contribution is 0.366. The number of halogens is 8. The van der Waals surface area contributed by atoms with Crippen molar-refractivity contribution >= 4 is 46.2 Å². The van der Waals surface area contributed by atoms with E-state index in [1.807, 2.05) is 0 Å². The highest BCUT2D eigenvalue weighted by atomic mass is 31.1. The fourth-order valence-electron chi connectivity index (χ4n) is 14.8. The van der Waals surface area contributed by atoms with Crippen molar-refractivity contribution in [2.45, 2.75) is 315 Å². The predicted molar refractivity (Wildman–Crippen MR) is 292 cm³/mol. The third-order valence-corrected chi connectivity index (χ3v) is 33.0. The van der Waals surface area contributed by atoms with Crippen LogP contribution in [-0.2, 0) is 0 Å². The fraction of sp³-hybridized carbons (Fsp3) is 1.00. The molecule has 0 nitrogen and oxygen atoms in total. The SMILES string of the molecule is C1CCC(P(CCCP(C2CCCCC2)C2CCCCC2)C2CCCCC2)CC1.C1CCC(P(CCCP(C2CCCCC2)C2CCCCC2)C2CCCCC2)CC1.F[B-](F)(F)F.F[B-](F)(F)F. The van der Waals surface area contributed by atoms with E-state index < -0.39 is 14.5 Å². The summed E-state index contributed by atoms with van der Waals surface area (Å²) >= 11 is 0. The summed E-state index contributed by atoms with van der Waals surface area (Å²) in [7, 11) is -10.6. The van der Waals surface area contributed by atoms with E-state index in [9.17, 15) is 34.5 Å². The first-order chi connectivity index (χ1) is 32.8. The van der Waals surface area contributed by atoms with Gasteiger partial charge in [-0.1, -0.05) is 154 Å². The van der Waals surface area contributed by atoms with Gasteiger partial charge in [-0.2, -0.15) is 0 Å². The van der Waals surface area contributed by atoms with Gasteiger partial charge in [0.05, 0.1) is 0 Å². The summed E-state index contributed by atoms with van der Waals surface area (Å²) in [6, 6.07) is 0. The number of hydrogen-bond donors (Lipinski definition) is 0. The average Bonchev–Trinajstić information content (AvgIpc) is 3.35. The zero-order valence-corrected chi connectivity index (χ0v) is 46.7. The maximum Gasteiger partial charge on any atom is 0.673 e. The van der Waals surface area contributed by atoms with Crippen molar-refractivity contribution in [3.63, 3.8) is 0 Å². The second kappa shape index (κ2) is 34.1. The smallest absolute Gasteiger partial charge is 0.418 e. The molecule has 0 spiro atoms. The van der Waals surface area contributed by atoms with Crippen molar-refractivity contribution in [1.29, 1.82) is 0 Å². The van der Waals surface area contributed by atoms with E-state index in [0.717, 1.165) is 0 Å². The highest BCUT2D eigenvalue weighted by Gasteiger charge is 2.36. The molecule has 0 N–H and O–H groups in total. The number of rotatable bonds is 16. The van der Waals surface area contributed by atoms with Crippen LogP contribution in [0.5, 0.6) is 0 Å². The molecule has 8 rings (SSSR count). The summed E-state index contributed by atoms with van der Waals surface area (Å²) in [5, 5.41) is 0. The van der Waals surface area contributed by atoms with E-state index in [1.165, 1.54) is 45.3 Å². The van der Waals surface area contributed by atoms with Crippen LogP contribution in [0.3, 0.4) is 0 Å². The Morgan fingerprint density at radius 1 is 0.206 bits per heavy atom. The topological polar surface area (TPSA) is 0 Å². The zero-order chi connectivity index (χ0) is 48.5. The van der Waals surface area contributed by atoms with Gasteiger partial charge in [-0.25, -0.2) is 0 Å². The van der Waals surface area contributed by atoms with Crippen molar-refractivity contribution in [3.8, 4) is 0 Å². The Balaban J connectivity index is 0.000000212. The minimum atomic E-state index is -6.00. The molecule has 14 heteroatoms. The summed E-state index contributed by atoms with van der Waals surface area (Å²) in [6.07, 6.45) is 73.1. The molecule has 8 aliphatic rings. The number of hydrogen-bond acceptors (Lipinski definition) is 0. The lowest BCUT2D eigenvalue weighted by Gasteiger charge is -2.41. The average molecular weight is 1050 g/mol. The van der Waals surface area contributed by atoms with Gasteiger partial charge >= 0.3 is 14.5 Å². The van der Waals surface area contributed by atoms with Crippen LogP contribution < -0.4 is 0 Å². The monoisotopic (exact) mass is 1050 g/mol. The Hall–Kier alpha value is 1.29. The van der Waals surface area contributed by atoms with Gasteiger partial charge in [-0.15, -0.1) is 31.7 Å². The van der Waals surface area contributed by atoms with Crippen molar-refractivity contribution in [2.75, 3.05) is 24.6 Å². The van der Waals surface area contributed by atoms with E-state index in [4.69, 9.17) is 0 Å². The van der Waals surface area contributed by atoms with Crippen LogP contribution in [-0.4, -0.2) is 84.4 Å². The van der Waals surface area contributed by atoms with Crippen molar-refractivity contribution < 1.29 is 34.5 Å². The van der Waals surface area contributed by atoms with Crippen LogP contribution in [0.1, 0.15) is 270 Å². The molecule has 0 aliphatic heterocycles. The Kier molecular flexibility index (Phi) is 30.1. The van der Waals surface area contributed by atoms with Crippen LogP contribution in [0.2, 0.25) is 0 Å². The van der Waals surface area contributed by atoms with E-state index in [-0.39, 0.29) is 0 Å². The molecule has 0 unspecified atom stereocenters. The summed E-state index contributed by atoms with van der Waals surface area (Å²) < 4.78 is 78.0. The van der Waals surface area contributed by atoms with Gasteiger partial charge in [0.25, 0.3) is 0 Å². The minimum absolute atomic E-state index is 0.348. The molecule has 0 aromatic rings. The quantitative estimate of drug-likeness (QED) is 0.0821. The zero-order valence-electron chi connectivity index (χ0n) is 43.1. The van der Waals surface area contributed by atoms with Crippen LogP contribution in [0.4, 0.5) is 34.5 Å². The van der Waals surface area contributed by atoms with Gasteiger partial charge in [0.2, 0.25) is 0 Å². The highest BCUT2D eigenvalue weighted by molar-refractivity contribution is 7.60. The second-order valence-electron chi connectivity index (χ2n) is 23.0. The van der Waals surface area contributed by atoms with Crippen LogP contribution in [0.25, 0.3) is 0 Å². The molecule has 8 saturated carbocycles. The Labute approximate surface area is 418 Å². The summed E-state index contributed by atoms with van der Waals surface area (Å²) in [5.74, 6) is 0.